The molecule has 1 saturated heterocycles. The molecule has 0 radical (unpaired) electrons. The first-order valence-electron chi connectivity index (χ1n) is 10.9. The lowest BCUT2D eigenvalue weighted by Crippen LogP contribution is -2.61. The molecule has 0 aromatic heterocycles. The van der Waals surface area contributed by atoms with Gasteiger partial charge in [0.15, 0.2) is 5.60 Å². The van der Waals surface area contributed by atoms with E-state index in [1.807, 2.05) is 24.3 Å². The third kappa shape index (κ3) is 4.91. The van der Waals surface area contributed by atoms with E-state index < -0.39 is 11.5 Å². The van der Waals surface area contributed by atoms with Crippen molar-refractivity contribution < 1.29 is 19.1 Å². The lowest BCUT2D eigenvalue weighted by Gasteiger charge is -2.40. The first-order valence-corrected chi connectivity index (χ1v) is 10.9. The maximum atomic E-state index is 13.2. The van der Waals surface area contributed by atoms with Gasteiger partial charge in [-0.1, -0.05) is 60.2 Å². The summed E-state index contributed by atoms with van der Waals surface area (Å²) >= 11 is 0. The molecule has 1 heterocycles. The van der Waals surface area contributed by atoms with E-state index >= 15 is 0 Å². The molecule has 1 atom stereocenters. The topological polar surface area (TPSA) is 81.9 Å². The zero-order valence-electron chi connectivity index (χ0n) is 18.9. The highest BCUT2D eigenvalue weighted by Gasteiger charge is 2.44. The number of hydrogen-bond donors (Lipinski definition) is 1. The van der Waals surface area contributed by atoms with Gasteiger partial charge < -0.3 is 20.1 Å². The van der Waals surface area contributed by atoms with Gasteiger partial charge in [0.1, 0.15) is 5.75 Å². The molecule has 6 heteroatoms. The second-order valence-corrected chi connectivity index (χ2v) is 8.41. The zero-order valence-corrected chi connectivity index (χ0v) is 18.9. The van der Waals surface area contributed by atoms with Gasteiger partial charge in [0, 0.05) is 18.5 Å². The van der Waals surface area contributed by atoms with Crippen molar-refractivity contribution in [2.75, 3.05) is 26.8 Å². The molecular formula is C27H28N2O4. The Balaban J connectivity index is 1.58. The van der Waals surface area contributed by atoms with E-state index in [1.165, 1.54) is 5.56 Å². The zero-order chi connectivity index (χ0) is 23.4. The molecule has 3 aromatic carbocycles. The predicted molar refractivity (Wildman–Crippen MR) is 127 cm³/mol. The molecule has 2 amide bonds. The normalized spacial score (nSPS) is 18.1. The van der Waals surface area contributed by atoms with Gasteiger partial charge in [0.05, 0.1) is 20.3 Å². The van der Waals surface area contributed by atoms with Crippen LogP contribution in [0.25, 0.3) is 11.1 Å². The Bertz CT molecular complexity index is 1160. The fourth-order valence-corrected chi connectivity index (χ4v) is 4.18. The van der Waals surface area contributed by atoms with Crippen LogP contribution in [0.2, 0.25) is 0 Å². The van der Waals surface area contributed by atoms with Gasteiger partial charge in [0.2, 0.25) is 0 Å². The number of primary amides is 1. The van der Waals surface area contributed by atoms with Gasteiger partial charge in [-0.05, 0) is 41.8 Å². The summed E-state index contributed by atoms with van der Waals surface area (Å²) in [5.74, 6) is -0.161. The first kappa shape index (κ1) is 22.6. The third-order valence-corrected chi connectivity index (χ3v) is 6.04. The number of ether oxygens (including phenoxy) is 2. The fraction of sp³-hybridized carbons (Fsp3) is 0.259. The predicted octanol–water partition coefficient (Wildman–Crippen LogP) is 3.61. The van der Waals surface area contributed by atoms with Gasteiger partial charge in [-0.2, -0.15) is 0 Å². The summed E-state index contributed by atoms with van der Waals surface area (Å²) in [6, 6.07) is 23.2. The van der Waals surface area contributed by atoms with Gasteiger partial charge in [-0.3, -0.25) is 9.59 Å². The number of rotatable bonds is 6. The van der Waals surface area contributed by atoms with Crippen molar-refractivity contribution >= 4 is 11.8 Å². The fourth-order valence-electron chi connectivity index (χ4n) is 4.18. The average molecular weight is 445 g/mol. The lowest BCUT2D eigenvalue weighted by atomic mass is 9.90. The van der Waals surface area contributed by atoms with Gasteiger partial charge in [-0.25, -0.2) is 0 Å². The minimum Gasteiger partial charge on any atom is -0.497 e. The third-order valence-electron chi connectivity index (χ3n) is 6.04. The van der Waals surface area contributed by atoms with E-state index in [4.69, 9.17) is 15.2 Å². The van der Waals surface area contributed by atoms with E-state index in [0.717, 1.165) is 16.7 Å². The number of morpholine rings is 1. The molecule has 1 aliphatic heterocycles. The highest BCUT2D eigenvalue weighted by molar-refractivity contribution is 5.95. The van der Waals surface area contributed by atoms with Crippen LogP contribution in [-0.4, -0.2) is 49.1 Å². The maximum absolute atomic E-state index is 13.2. The van der Waals surface area contributed by atoms with Crippen molar-refractivity contribution in [2.45, 2.75) is 18.9 Å². The molecule has 0 spiro atoms. The molecule has 1 aliphatic rings. The van der Waals surface area contributed by atoms with E-state index in [-0.39, 0.29) is 25.5 Å². The van der Waals surface area contributed by atoms with E-state index in [9.17, 15) is 9.59 Å². The minimum absolute atomic E-state index is 0.0904. The molecule has 0 saturated carbocycles. The van der Waals surface area contributed by atoms with Crippen molar-refractivity contribution in [3.8, 4) is 16.9 Å². The highest BCUT2D eigenvalue weighted by atomic mass is 16.5. The molecule has 0 aliphatic carbocycles. The molecule has 2 N–H and O–H groups in total. The number of amides is 2. The maximum Gasteiger partial charge on any atom is 0.254 e. The van der Waals surface area contributed by atoms with Crippen molar-refractivity contribution in [1.82, 2.24) is 4.90 Å². The number of aryl methyl sites for hydroxylation is 1. The SMILES string of the molecule is COc1cccc(C(=O)N2CCO[C@](Cc3cccc(-c4ccc(C)cc4)c3)(C(N)=O)C2)c1. The first-order chi connectivity index (χ1) is 15.9. The molecule has 4 rings (SSSR count). The van der Waals surface area contributed by atoms with Gasteiger partial charge in [-0.15, -0.1) is 0 Å². The van der Waals surface area contributed by atoms with Crippen LogP contribution in [0.4, 0.5) is 0 Å². The van der Waals surface area contributed by atoms with Crippen LogP contribution < -0.4 is 10.5 Å². The molecule has 0 unspecified atom stereocenters. The van der Waals surface area contributed by atoms with Crippen molar-refractivity contribution in [1.29, 1.82) is 0 Å². The summed E-state index contributed by atoms with van der Waals surface area (Å²) in [4.78, 5) is 27.4. The molecule has 170 valence electrons. The van der Waals surface area contributed by atoms with Gasteiger partial charge in [0.25, 0.3) is 11.8 Å². The van der Waals surface area contributed by atoms with Crippen LogP contribution in [0.3, 0.4) is 0 Å². The summed E-state index contributed by atoms with van der Waals surface area (Å²) < 4.78 is 11.2. The summed E-state index contributed by atoms with van der Waals surface area (Å²) in [6.45, 7) is 2.76. The number of nitrogens with two attached hydrogens (primary N) is 1. The van der Waals surface area contributed by atoms with Crippen LogP contribution in [-0.2, 0) is 16.0 Å². The highest BCUT2D eigenvalue weighted by Crippen LogP contribution is 2.28. The summed E-state index contributed by atoms with van der Waals surface area (Å²) in [7, 11) is 1.56. The lowest BCUT2D eigenvalue weighted by molar-refractivity contribution is -0.153. The second-order valence-electron chi connectivity index (χ2n) is 8.41. The Kier molecular flexibility index (Phi) is 6.47. The number of carbonyl (C=O) groups excluding carboxylic acids is 2. The molecule has 0 bridgehead atoms. The standard InChI is InChI=1S/C27H28N2O4/c1-19-9-11-21(12-10-19)22-6-3-5-20(15-22)17-27(26(28)31)18-29(13-14-33-27)25(30)23-7-4-8-24(16-23)32-2/h3-12,15-16H,13-14,17-18H2,1-2H3,(H2,28,31)/t27-/m0/s1. The van der Waals surface area contributed by atoms with Crippen molar-refractivity contribution in [2.24, 2.45) is 5.73 Å². The van der Waals surface area contributed by atoms with E-state index in [2.05, 4.69) is 31.2 Å². The molecular weight excluding hydrogens is 416 g/mol. The number of carbonyl (C=O) groups is 2. The Morgan fingerprint density at radius 3 is 2.52 bits per heavy atom. The minimum atomic E-state index is -1.29. The second kappa shape index (κ2) is 9.46. The van der Waals surface area contributed by atoms with E-state index in [1.54, 1.807) is 36.3 Å². The Morgan fingerprint density at radius 2 is 1.79 bits per heavy atom. The Hall–Kier alpha value is -3.64. The van der Waals surface area contributed by atoms with Crippen LogP contribution in [0, 0.1) is 6.92 Å². The molecule has 1 fully saturated rings. The number of nitrogens with zero attached hydrogens (tertiary/aromatic N) is 1. The number of methoxy groups -OCH3 is 1. The average Bonchev–Trinajstić information content (AvgIpc) is 2.84. The number of benzene rings is 3. The molecule has 3 aromatic rings. The van der Waals surface area contributed by atoms with Crippen LogP contribution >= 0.6 is 0 Å². The summed E-state index contributed by atoms with van der Waals surface area (Å²) in [5, 5.41) is 0. The van der Waals surface area contributed by atoms with Crippen LogP contribution in [0.15, 0.2) is 72.8 Å². The van der Waals surface area contributed by atoms with E-state index in [0.29, 0.717) is 17.9 Å². The van der Waals surface area contributed by atoms with Crippen molar-refractivity contribution in [3.63, 3.8) is 0 Å². The Labute approximate surface area is 193 Å². The van der Waals surface area contributed by atoms with Crippen molar-refractivity contribution in [3.05, 3.63) is 89.5 Å². The summed E-state index contributed by atoms with van der Waals surface area (Å²) in [5.41, 5.74) is 9.30. The molecule has 6 nitrogen and oxygen atoms in total. The molecule has 33 heavy (non-hydrogen) atoms. The summed E-state index contributed by atoms with van der Waals surface area (Å²) in [6.07, 6.45) is 0.282. The number of hydrogen-bond acceptors (Lipinski definition) is 4. The quantitative estimate of drug-likeness (QED) is 0.630. The Morgan fingerprint density at radius 1 is 1.03 bits per heavy atom. The van der Waals surface area contributed by atoms with Crippen LogP contribution in [0.1, 0.15) is 21.5 Å². The monoisotopic (exact) mass is 444 g/mol. The van der Waals surface area contributed by atoms with Crippen LogP contribution in [0.5, 0.6) is 5.75 Å². The van der Waals surface area contributed by atoms with Gasteiger partial charge >= 0.3 is 0 Å². The smallest absolute Gasteiger partial charge is 0.254 e. The largest absolute Gasteiger partial charge is 0.497 e.